The summed E-state index contributed by atoms with van der Waals surface area (Å²) < 4.78 is 0. The second-order valence-electron chi connectivity index (χ2n) is 8.20. The highest BCUT2D eigenvalue weighted by Gasteiger charge is 2.25. The molecule has 3 aromatic rings. The second kappa shape index (κ2) is 9.71. The molecule has 160 valence electrons. The highest BCUT2D eigenvalue weighted by Crippen LogP contribution is 2.33. The number of anilines is 1. The Labute approximate surface area is 183 Å². The van der Waals surface area contributed by atoms with E-state index in [1.54, 1.807) is 18.3 Å². The van der Waals surface area contributed by atoms with Gasteiger partial charge in [-0.3, -0.25) is 4.79 Å². The molecule has 1 saturated heterocycles. The number of nitrogens with zero attached hydrogens (tertiary/aromatic N) is 3. The molecule has 6 nitrogen and oxygen atoms in total. The van der Waals surface area contributed by atoms with Crippen LogP contribution in [-0.2, 0) is 6.42 Å². The van der Waals surface area contributed by atoms with E-state index in [4.69, 9.17) is 11.5 Å². The van der Waals surface area contributed by atoms with Crippen LogP contribution < -0.4 is 11.5 Å². The average molecular weight is 416 g/mol. The minimum atomic E-state index is -0.432. The number of rotatable bonds is 7. The minimum absolute atomic E-state index is 0.300. The van der Waals surface area contributed by atoms with Gasteiger partial charge in [-0.15, -0.1) is 0 Å². The van der Waals surface area contributed by atoms with Crippen molar-refractivity contribution in [3.63, 3.8) is 0 Å². The number of aryl methyl sites for hydroxylation is 1. The van der Waals surface area contributed by atoms with Crippen molar-refractivity contribution < 1.29 is 4.79 Å². The Morgan fingerprint density at radius 3 is 2.61 bits per heavy atom. The Balaban J connectivity index is 1.47. The van der Waals surface area contributed by atoms with Crippen LogP contribution >= 0.6 is 0 Å². The Hall–Kier alpha value is -3.25. The number of hydrogen-bond donors (Lipinski definition) is 2. The molecule has 1 aliphatic rings. The lowest BCUT2D eigenvalue weighted by Crippen LogP contribution is -2.35. The fourth-order valence-electron chi connectivity index (χ4n) is 4.39. The molecule has 1 fully saturated rings. The molecule has 0 radical (unpaired) electrons. The first-order valence-corrected chi connectivity index (χ1v) is 10.9. The third-order valence-corrected chi connectivity index (χ3v) is 5.99. The van der Waals surface area contributed by atoms with Gasteiger partial charge >= 0.3 is 0 Å². The summed E-state index contributed by atoms with van der Waals surface area (Å²) in [7, 11) is 0. The smallest absolute Gasteiger partial charge is 0.248 e. The number of aromatic nitrogens is 2. The van der Waals surface area contributed by atoms with Crippen molar-refractivity contribution in [1.29, 1.82) is 0 Å². The Kier molecular flexibility index (Phi) is 6.57. The van der Waals surface area contributed by atoms with Crippen LogP contribution in [-0.4, -0.2) is 40.4 Å². The second-order valence-corrected chi connectivity index (χ2v) is 8.20. The zero-order valence-corrected chi connectivity index (χ0v) is 17.7. The topological polar surface area (TPSA) is 98.1 Å². The monoisotopic (exact) mass is 415 g/mol. The SMILES string of the molecule is NC(=O)c1ccc(-c2cnc(N)nc2[C@@H]2CCCN(CCCc3ccccc3)C2)cc1. The maximum absolute atomic E-state index is 11.4. The van der Waals surface area contributed by atoms with E-state index in [1.165, 1.54) is 5.56 Å². The molecule has 1 amide bonds. The van der Waals surface area contributed by atoms with Gasteiger partial charge in [0.25, 0.3) is 0 Å². The van der Waals surface area contributed by atoms with E-state index in [0.717, 1.165) is 62.1 Å². The van der Waals surface area contributed by atoms with Gasteiger partial charge in [-0.25, -0.2) is 9.97 Å². The highest BCUT2D eigenvalue weighted by atomic mass is 16.1. The van der Waals surface area contributed by atoms with Gasteiger partial charge in [-0.2, -0.15) is 0 Å². The summed E-state index contributed by atoms with van der Waals surface area (Å²) in [6, 6.07) is 17.9. The van der Waals surface area contributed by atoms with Gasteiger partial charge in [-0.1, -0.05) is 42.5 Å². The van der Waals surface area contributed by atoms with Crippen LogP contribution in [0.5, 0.6) is 0 Å². The quantitative estimate of drug-likeness (QED) is 0.614. The summed E-state index contributed by atoms with van der Waals surface area (Å²) in [4.78, 5) is 22.8. The number of primary amides is 1. The summed E-state index contributed by atoms with van der Waals surface area (Å²) in [6.45, 7) is 3.17. The van der Waals surface area contributed by atoms with E-state index < -0.39 is 5.91 Å². The van der Waals surface area contributed by atoms with Gasteiger partial charge in [0.2, 0.25) is 11.9 Å². The molecule has 0 spiro atoms. The van der Waals surface area contributed by atoms with Crippen molar-refractivity contribution in [2.24, 2.45) is 5.73 Å². The van der Waals surface area contributed by atoms with Crippen molar-refractivity contribution in [3.05, 3.63) is 77.6 Å². The third kappa shape index (κ3) is 5.27. The van der Waals surface area contributed by atoms with E-state index in [2.05, 4.69) is 45.2 Å². The van der Waals surface area contributed by atoms with Gasteiger partial charge in [0.05, 0.1) is 5.69 Å². The number of carbonyl (C=O) groups is 1. The molecule has 2 aromatic carbocycles. The van der Waals surface area contributed by atoms with Crippen LogP contribution in [0.25, 0.3) is 11.1 Å². The molecule has 31 heavy (non-hydrogen) atoms. The first-order chi connectivity index (χ1) is 15.1. The van der Waals surface area contributed by atoms with Gasteiger partial charge in [0, 0.05) is 29.8 Å². The van der Waals surface area contributed by atoms with Crippen LogP contribution in [0, 0.1) is 0 Å². The lowest BCUT2D eigenvalue weighted by Gasteiger charge is -2.33. The predicted molar refractivity (Wildman–Crippen MR) is 124 cm³/mol. The van der Waals surface area contributed by atoms with Crippen molar-refractivity contribution in [1.82, 2.24) is 14.9 Å². The maximum Gasteiger partial charge on any atom is 0.248 e. The fraction of sp³-hybridized carbons (Fsp3) is 0.320. The number of nitrogen functional groups attached to an aromatic ring is 1. The zero-order valence-electron chi connectivity index (χ0n) is 17.7. The number of likely N-dealkylation sites (tertiary alicyclic amines) is 1. The first kappa shape index (κ1) is 21.0. The molecule has 4 rings (SSSR count). The summed E-state index contributed by atoms with van der Waals surface area (Å²) in [5, 5.41) is 0. The number of carbonyl (C=O) groups excluding carboxylic acids is 1. The number of nitrogens with two attached hydrogens (primary N) is 2. The molecule has 0 unspecified atom stereocenters. The molecule has 6 heteroatoms. The minimum Gasteiger partial charge on any atom is -0.368 e. The maximum atomic E-state index is 11.4. The van der Waals surface area contributed by atoms with Crippen molar-refractivity contribution >= 4 is 11.9 Å². The normalized spacial score (nSPS) is 16.8. The Bertz CT molecular complexity index is 1020. The molecule has 1 atom stereocenters. The van der Waals surface area contributed by atoms with E-state index >= 15 is 0 Å². The van der Waals surface area contributed by atoms with Gasteiger partial charge < -0.3 is 16.4 Å². The molecular weight excluding hydrogens is 386 g/mol. The van der Waals surface area contributed by atoms with Gasteiger partial charge in [0.15, 0.2) is 0 Å². The highest BCUT2D eigenvalue weighted by molar-refractivity contribution is 5.93. The van der Waals surface area contributed by atoms with E-state index in [1.807, 2.05) is 12.1 Å². The van der Waals surface area contributed by atoms with E-state index in [9.17, 15) is 4.79 Å². The third-order valence-electron chi connectivity index (χ3n) is 5.99. The van der Waals surface area contributed by atoms with Crippen molar-refractivity contribution in [2.75, 3.05) is 25.4 Å². The summed E-state index contributed by atoms with van der Waals surface area (Å²) in [5.74, 6) is 0.175. The molecule has 0 bridgehead atoms. The Morgan fingerprint density at radius 1 is 1.10 bits per heavy atom. The average Bonchev–Trinajstić information content (AvgIpc) is 2.80. The van der Waals surface area contributed by atoms with Crippen LogP contribution in [0.4, 0.5) is 5.95 Å². The molecule has 2 heterocycles. The standard InChI is InChI=1S/C25H29N5O/c26-24(31)20-12-10-19(11-13-20)22-16-28-25(27)29-23(22)21-9-5-15-30(17-21)14-4-8-18-6-2-1-3-7-18/h1-3,6-7,10-13,16,21H,4-5,8-9,14-15,17H2,(H2,26,31)(H2,27,28,29)/t21-/m1/s1. The largest absolute Gasteiger partial charge is 0.368 e. The summed E-state index contributed by atoms with van der Waals surface area (Å²) >= 11 is 0. The van der Waals surface area contributed by atoms with Gasteiger partial charge in [-0.05, 0) is 62.0 Å². The first-order valence-electron chi connectivity index (χ1n) is 10.9. The van der Waals surface area contributed by atoms with Gasteiger partial charge in [0.1, 0.15) is 0 Å². The zero-order chi connectivity index (χ0) is 21.6. The Morgan fingerprint density at radius 2 is 1.87 bits per heavy atom. The van der Waals surface area contributed by atoms with Crippen LogP contribution in [0.1, 0.15) is 46.8 Å². The molecule has 0 saturated carbocycles. The lowest BCUT2D eigenvalue weighted by atomic mass is 9.89. The predicted octanol–water partition coefficient (Wildman–Crippen LogP) is 3.64. The number of piperidine rings is 1. The molecule has 1 aliphatic heterocycles. The molecule has 4 N–H and O–H groups in total. The van der Waals surface area contributed by atoms with Crippen LogP contribution in [0.15, 0.2) is 60.8 Å². The summed E-state index contributed by atoms with van der Waals surface area (Å²) in [5.41, 5.74) is 16.2. The van der Waals surface area contributed by atoms with Crippen molar-refractivity contribution in [3.8, 4) is 11.1 Å². The van der Waals surface area contributed by atoms with E-state index in [0.29, 0.717) is 17.4 Å². The van der Waals surface area contributed by atoms with Crippen LogP contribution in [0.2, 0.25) is 0 Å². The van der Waals surface area contributed by atoms with E-state index in [-0.39, 0.29) is 0 Å². The fourth-order valence-corrected chi connectivity index (χ4v) is 4.39. The lowest BCUT2D eigenvalue weighted by molar-refractivity contribution is 0.100. The molecular formula is C25H29N5O. The molecule has 1 aromatic heterocycles. The van der Waals surface area contributed by atoms with Crippen molar-refractivity contribution in [2.45, 2.75) is 31.6 Å². The number of amides is 1. The number of benzene rings is 2. The molecule has 0 aliphatic carbocycles. The van der Waals surface area contributed by atoms with Crippen LogP contribution in [0.3, 0.4) is 0 Å². The number of hydrogen-bond acceptors (Lipinski definition) is 5. The summed E-state index contributed by atoms with van der Waals surface area (Å²) in [6.07, 6.45) is 6.26.